The molecule has 154 valence electrons. The molecule has 3 N–H and O–H groups in total. The van der Waals surface area contributed by atoms with Gasteiger partial charge in [-0.1, -0.05) is 36.4 Å². The van der Waals surface area contributed by atoms with Crippen molar-refractivity contribution in [2.75, 3.05) is 26.7 Å². The Bertz CT molecular complexity index is 829. The van der Waals surface area contributed by atoms with E-state index in [4.69, 9.17) is 4.74 Å². The molecule has 4 atom stereocenters. The number of thiophene rings is 1. The van der Waals surface area contributed by atoms with Crippen molar-refractivity contribution < 1.29 is 23.4 Å². The van der Waals surface area contributed by atoms with Gasteiger partial charge in [-0.3, -0.25) is 4.90 Å². The third-order valence-electron chi connectivity index (χ3n) is 4.98. The van der Waals surface area contributed by atoms with Crippen LogP contribution in [0.4, 0.5) is 0 Å². The molecule has 3 rings (SSSR count). The predicted molar refractivity (Wildman–Crippen MR) is 108 cm³/mol. The average Bonchev–Trinajstić information content (AvgIpc) is 3.34. The Labute approximate surface area is 169 Å². The quantitative estimate of drug-likeness (QED) is 0.546. The van der Waals surface area contributed by atoms with Crippen LogP contribution >= 0.6 is 11.3 Å². The number of nitrogens with one attached hydrogen (secondary N) is 1. The third-order valence-corrected chi connectivity index (χ3v) is 7.80. The number of benzene rings is 1. The van der Waals surface area contributed by atoms with Crippen LogP contribution in [0.2, 0.25) is 0 Å². The molecule has 1 aliphatic heterocycles. The van der Waals surface area contributed by atoms with Gasteiger partial charge in [0.2, 0.25) is 10.0 Å². The highest BCUT2D eigenvalue weighted by Gasteiger charge is 2.45. The molecular formula is C19H26N2O5S2. The van der Waals surface area contributed by atoms with Crippen LogP contribution in [0.5, 0.6) is 0 Å². The minimum atomic E-state index is -3.62. The highest BCUT2D eigenvalue weighted by molar-refractivity contribution is 7.91. The van der Waals surface area contributed by atoms with Crippen molar-refractivity contribution in [3.05, 3.63) is 53.4 Å². The first-order valence-corrected chi connectivity index (χ1v) is 11.5. The second-order valence-electron chi connectivity index (χ2n) is 6.88. The second-order valence-corrected chi connectivity index (χ2v) is 9.82. The van der Waals surface area contributed by atoms with E-state index in [2.05, 4.69) is 4.72 Å². The van der Waals surface area contributed by atoms with Crippen LogP contribution in [0, 0.1) is 0 Å². The number of ether oxygens (including phenoxy) is 1. The van der Waals surface area contributed by atoms with Crippen molar-refractivity contribution in [2.45, 2.75) is 35.0 Å². The first-order chi connectivity index (χ1) is 13.4. The molecule has 2 aromatic rings. The SMILES string of the molecule is CN(CCc1ccccc1)[C@@H]1[C@H](O)[C@H](CO)O[C@@H]1CNS(=O)(=O)c1cccs1. The van der Waals surface area contributed by atoms with Gasteiger partial charge in [-0.05, 0) is 30.5 Å². The van der Waals surface area contributed by atoms with Gasteiger partial charge in [0.15, 0.2) is 0 Å². The van der Waals surface area contributed by atoms with E-state index in [0.29, 0.717) is 6.54 Å². The smallest absolute Gasteiger partial charge is 0.250 e. The first-order valence-electron chi connectivity index (χ1n) is 9.14. The van der Waals surface area contributed by atoms with Crippen LogP contribution in [0.15, 0.2) is 52.1 Å². The van der Waals surface area contributed by atoms with Crippen molar-refractivity contribution in [3.8, 4) is 0 Å². The molecule has 0 aliphatic carbocycles. The first kappa shape index (κ1) is 21.4. The number of aliphatic hydroxyl groups excluding tert-OH is 2. The molecule has 0 unspecified atom stereocenters. The highest BCUT2D eigenvalue weighted by Crippen LogP contribution is 2.26. The van der Waals surface area contributed by atoms with Gasteiger partial charge in [0.25, 0.3) is 0 Å². The summed E-state index contributed by atoms with van der Waals surface area (Å²) in [6.07, 6.45) is -1.41. The summed E-state index contributed by atoms with van der Waals surface area (Å²) in [5, 5.41) is 21.8. The number of aliphatic hydroxyl groups is 2. The van der Waals surface area contributed by atoms with Crippen LogP contribution in [0.1, 0.15) is 5.56 Å². The normalized spacial score (nSPS) is 25.4. The highest BCUT2D eigenvalue weighted by atomic mass is 32.2. The summed E-state index contributed by atoms with van der Waals surface area (Å²) in [5.74, 6) is 0. The molecule has 1 saturated heterocycles. The lowest BCUT2D eigenvalue weighted by molar-refractivity contribution is -0.0201. The van der Waals surface area contributed by atoms with E-state index in [9.17, 15) is 18.6 Å². The molecular weight excluding hydrogens is 400 g/mol. The van der Waals surface area contributed by atoms with E-state index < -0.39 is 34.4 Å². The molecule has 0 bridgehead atoms. The van der Waals surface area contributed by atoms with Crippen molar-refractivity contribution in [2.24, 2.45) is 0 Å². The van der Waals surface area contributed by atoms with Crippen molar-refractivity contribution in [1.29, 1.82) is 0 Å². The lowest BCUT2D eigenvalue weighted by Crippen LogP contribution is -2.50. The van der Waals surface area contributed by atoms with Gasteiger partial charge in [0.1, 0.15) is 16.4 Å². The molecule has 1 aromatic heterocycles. The second kappa shape index (κ2) is 9.45. The zero-order valence-electron chi connectivity index (χ0n) is 15.6. The van der Waals surface area contributed by atoms with E-state index in [1.807, 2.05) is 42.3 Å². The van der Waals surface area contributed by atoms with Crippen LogP contribution in [0.3, 0.4) is 0 Å². The van der Waals surface area contributed by atoms with Gasteiger partial charge in [0, 0.05) is 13.1 Å². The Hall–Kier alpha value is -1.33. The minimum Gasteiger partial charge on any atom is -0.394 e. The number of nitrogens with zero attached hydrogens (tertiary/aromatic N) is 1. The summed E-state index contributed by atoms with van der Waals surface area (Å²) in [5.41, 5.74) is 1.18. The Morgan fingerprint density at radius 2 is 1.93 bits per heavy atom. The summed E-state index contributed by atoms with van der Waals surface area (Å²) in [4.78, 5) is 1.97. The van der Waals surface area contributed by atoms with Gasteiger partial charge in [-0.15, -0.1) is 11.3 Å². The summed E-state index contributed by atoms with van der Waals surface area (Å²) in [6, 6.07) is 12.8. The van der Waals surface area contributed by atoms with Gasteiger partial charge >= 0.3 is 0 Å². The zero-order valence-corrected chi connectivity index (χ0v) is 17.3. The summed E-state index contributed by atoms with van der Waals surface area (Å²) in [7, 11) is -1.75. The van der Waals surface area contributed by atoms with Crippen molar-refractivity contribution in [3.63, 3.8) is 0 Å². The lowest BCUT2D eigenvalue weighted by Gasteiger charge is -2.30. The molecule has 28 heavy (non-hydrogen) atoms. The molecule has 0 amide bonds. The standard InChI is InChI=1S/C19H26N2O5S2/c1-21(10-9-14-6-3-2-4-7-14)18-15(26-16(13-22)19(18)23)12-20-28(24,25)17-8-5-11-27-17/h2-8,11,15-16,18-20,22-23H,9-10,12-13H2,1H3/t15-,16+,18+,19-/m1/s1. The topological polar surface area (TPSA) is 99.1 Å². The lowest BCUT2D eigenvalue weighted by atomic mass is 10.0. The van der Waals surface area contributed by atoms with Gasteiger partial charge in [-0.2, -0.15) is 0 Å². The molecule has 0 radical (unpaired) electrons. The van der Waals surface area contributed by atoms with Gasteiger partial charge < -0.3 is 14.9 Å². The van der Waals surface area contributed by atoms with Crippen LogP contribution in [-0.2, 0) is 21.2 Å². The Balaban J connectivity index is 1.65. The maximum Gasteiger partial charge on any atom is 0.250 e. The minimum absolute atomic E-state index is 0.0220. The van der Waals surface area contributed by atoms with E-state index >= 15 is 0 Å². The predicted octanol–water partition coefficient (Wildman–Crippen LogP) is 0.690. The molecule has 9 heteroatoms. The summed E-state index contributed by atoms with van der Waals surface area (Å²) < 4.78 is 33.3. The zero-order chi connectivity index (χ0) is 20.1. The summed E-state index contributed by atoms with van der Waals surface area (Å²) >= 11 is 1.14. The molecule has 1 fully saturated rings. The summed E-state index contributed by atoms with van der Waals surface area (Å²) in [6.45, 7) is 0.369. The maximum atomic E-state index is 12.4. The Kier molecular flexibility index (Phi) is 7.21. The fourth-order valence-electron chi connectivity index (χ4n) is 3.47. The van der Waals surface area contributed by atoms with Crippen LogP contribution in [0.25, 0.3) is 0 Å². The Morgan fingerprint density at radius 1 is 1.18 bits per heavy atom. The van der Waals surface area contributed by atoms with E-state index in [-0.39, 0.29) is 17.4 Å². The molecule has 2 heterocycles. The van der Waals surface area contributed by atoms with E-state index in [1.54, 1.807) is 11.4 Å². The number of hydrogen-bond acceptors (Lipinski definition) is 7. The van der Waals surface area contributed by atoms with Crippen LogP contribution < -0.4 is 4.72 Å². The third kappa shape index (κ3) is 4.98. The monoisotopic (exact) mass is 426 g/mol. The molecule has 1 aliphatic rings. The van der Waals surface area contributed by atoms with Crippen molar-refractivity contribution >= 4 is 21.4 Å². The fraction of sp³-hybridized carbons (Fsp3) is 0.474. The maximum absolute atomic E-state index is 12.4. The number of rotatable bonds is 9. The average molecular weight is 427 g/mol. The van der Waals surface area contributed by atoms with Crippen molar-refractivity contribution in [1.82, 2.24) is 9.62 Å². The number of hydrogen-bond donors (Lipinski definition) is 3. The molecule has 7 nitrogen and oxygen atoms in total. The largest absolute Gasteiger partial charge is 0.394 e. The van der Waals surface area contributed by atoms with E-state index in [1.165, 1.54) is 11.6 Å². The van der Waals surface area contributed by atoms with Gasteiger partial charge in [-0.25, -0.2) is 13.1 Å². The number of sulfonamides is 1. The van der Waals surface area contributed by atoms with Crippen LogP contribution in [-0.4, -0.2) is 74.6 Å². The number of likely N-dealkylation sites (N-methyl/N-ethyl adjacent to an activating group) is 1. The van der Waals surface area contributed by atoms with E-state index in [0.717, 1.165) is 17.8 Å². The van der Waals surface area contributed by atoms with Gasteiger partial charge in [0.05, 0.1) is 18.8 Å². The molecule has 1 aromatic carbocycles. The molecule has 0 spiro atoms. The Morgan fingerprint density at radius 3 is 2.57 bits per heavy atom. The fourth-order valence-corrected chi connectivity index (χ4v) is 5.55. The molecule has 0 saturated carbocycles.